The summed E-state index contributed by atoms with van der Waals surface area (Å²) >= 11 is 26.5. The van der Waals surface area contributed by atoms with Gasteiger partial charge >= 0.3 is 12.3 Å². The molecule has 0 radical (unpaired) electrons. The van der Waals surface area contributed by atoms with Gasteiger partial charge in [0.25, 0.3) is 0 Å². The molecule has 0 spiro atoms. The van der Waals surface area contributed by atoms with E-state index in [2.05, 4.69) is 65.8 Å². The van der Waals surface area contributed by atoms with Gasteiger partial charge in [-0.05, 0) is 194 Å². The van der Waals surface area contributed by atoms with Crippen molar-refractivity contribution in [2.45, 2.75) is 120 Å². The summed E-state index contributed by atoms with van der Waals surface area (Å²) < 4.78 is 85.1. The van der Waals surface area contributed by atoms with Gasteiger partial charge in [-0.25, -0.2) is 16.8 Å². The third kappa shape index (κ3) is 15.7. The SMILES string of the molecule is CCC1=CC(C)(C)Cc2cc3c(cc21)C(c1c(Cl)ccc(Cl)c1C(=O)[O-])=c1cc2c(cc1O3)=CC(C)(C)C=C2CS(=O)(=O)[O-].CCC1CC(C)(C)Cc2cc3c(cc21)C(c1c(Cl)ccc(Cl)c1C(=O)[O-])=c1cc2c(cc1O3)=CC(C)(C)CC2CS(=O)(=O)[O-].CO.O=C=O.O=C=O. The third-order valence-electron chi connectivity index (χ3n) is 17.7. The summed E-state index contributed by atoms with van der Waals surface area (Å²) in [5.74, 6) is -2.45. The molecular formula is C73H68Cl4O17S2-4. The van der Waals surface area contributed by atoms with Crippen molar-refractivity contribution in [1.82, 2.24) is 0 Å². The van der Waals surface area contributed by atoms with Crippen LogP contribution in [0, 0.1) is 21.7 Å². The second kappa shape index (κ2) is 28.2. The number of aromatic carboxylic acids is 2. The summed E-state index contributed by atoms with van der Waals surface area (Å²) in [5.41, 5.74) is 8.58. The minimum Gasteiger partial charge on any atom is -0.748 e. The van der Waals surface area contributed by atoms with Gasteiger partial charge in [0.1, 0.15) is 23.0 Å². The van der Waals surface area contributed by atoms with Crippen molar-refractivity contribution in [3.63, 3.8) is 0 Å². The molecule has 0 saturated heterocycles. The van der Waals surface area contributed by atoms with Crippen LogP contribution in [0.4, 0.5) is 0 Å². The maximum Gasteiger partial charge on any atom is 0.373 e. The fourth-order valence-corrected chi connectivity index (χ4v) is 16.9. The lowest BCUT2D eigenvalue weighted by Crippen LogP contribution is -2.34. The van der Waals surface area contributed by atoms with Crippen LogP contribution in [-0.2, 0) is 52.3 Å². The first-order valence-electron chi connectivity index (χ1n) is 30.4. The topological polar surface area (TPSA) is 302 Å². The molecule has 6 aromatic rings. The van der Waals surface area contributed by atoms with Crippen molar-refractivity contribution in [1.29, 1.82) is 0 Å². The molecule has 0 saturated carbocycles. The fourth-order valence-electron chi connectivity index (χ4n) is 14.5. The number of ether oxygens (including phenoxy) is 2. The van der Waals surface area contributed by atoms with Gasteiger partial charge in [0, 0.05) is 83.3 Å². The van der Waals surface area contributed by atoms with Crippen molar-refractivity contribution in [2.75, 3.05) is 18.6 Å². The Bertz CT molecular complexity index is 4880. The number of aliphatic hydroxyl groups excluding tert-OH is 1. The van der Waals surface area contributed by atoms with E-state index < -0.39 is 55.0 Å². The second-order valence-electron chi connectivity index (χ2n) is 27.2. The predicted octanol–water partition coefficient (Wildman–Crippen LogP) is 10.3. The second-order valence-corrected chi connectivity index (χ2v) is 31.6. The zero-order chi connectivity index (χ0) is 71.3. The van der Waals surface area contributed by atoms with Gasteiger partial charge in [0.05, 0.1) is 48.0 Å². The number of hydrogen-bond donors (Lipinski definition) is 1. The number of carboxylic acids is 2. The van der Waals surface area contributed by atoms with Crippen molar-refractivity contribution in [3.8, 4) is 23.0 Å². The van der Waals surface area contributed by atoms with Crippen molar-refractivity contribution < 1.29 is 79.5 Å². The number of hydrogen-bond acceptors (Lipinski definition) is 17. The Balaban J connectivity index is 0.000000222. The van der Waals surface area contributed by atoms with E-state index in [4.69, 9.17) is 80.2 Å². The van der Waals surface area contributed by atoms with Crippen LogP contribution in [0.1, 0.15) is 183 Å². The highest BCUT2D eigenvalue weighted by atomic mass is 35.5. The number of carboxylic acid groups (broad SMARTS) is 2. The standard InChI is InChI=1S/C35H36Cl2O6S.C35H32Cl2O6S.2CO2.CH4O/c2*1-6-18-13-34(2,3)14-19-9-28-24(11-22(18)19)30(31-26(36)7-8-27(37)32(31)33(38)39)25-12-23-20(10-29(25)43-28)15-35(4,5)16-21(23)17-44(40,41)42;2*2-1-3;1-2/h7-12,15,18,21H,6,13-14,16-17H2,1-5H3,(H,38,39)(H,40,41,42);7-13,15-16H,6,14,17H2,1-5H3,(H,38,39)(H,40,41,42);;;2H,1H3/p-4. The highest BCUT2D eigenvalue weighted by Gasteiger charge is 2.38. The molecule has 6 aromatic carbocycles. The van der Waals surface area contributed by atoms with E-state index in [9.17, 15) is 45.7 Å². The zero-order valence-electron chi connectivity index (χ0n) is 54.4. The molecule has 2 aliphatic heterocycles. The van der Waals surface area contributed by atoms with E-state index in [0.717, 1.165) is 61.1 Å². The van der Waals surface area contributed by atoms with Crippen LogP contribution in [0.15, 0.2) is 84.9 Å². The minimum atomic E-state index is -4.61. The molecule has 0 bridgehead atoms. The average Bonchev–Trinajstić information content (AvgIpc) is 0.726. The molecule has 506 valence electrons. The van der Waals surface area contributed by atoms with Crippen LogP contribution in [0.5, 0.6) is 23.0 Å². The van der Waals surface area contributed by atoms with E-state index in [0.29, 0.717) is 90.0 Å². The number of benzene rings is 6. The molecule has 0 amide bonds. The Hall–Kier alpha value is -7.48. The van der Waals surface area contributed by atoms with Crippen LogP contribution in [0.3, 0.4) is 0 Å². The van der Waals surface area contributed by atoms with Crippen molar-refractivity contribution in [3.05, 3.63) is 193 Å². The van der Waals surface area contributed by atoms with Gasteiger partial charge < -0.3 is 43.5 Å². The number of carbonyl (C=O) groups excluding carboxylic acids is 6. The number of rotatable bonds is 10. The summed E-state index contributed by atoms with van der Waals surface area (Å²) in [6, 6.07) is 21.4. The van der Waals surface area contributed by atoms with Crippen molar-refractivity contribution >= 4 is 125 Å². The Morgan fingerprint density at radius 3 is 1.54 bits per heavy atom. The molecular weight excluding hydrogens is 1350 g/mol. The van der Waals surface area contributed by atoms with Crippen LogP contribution in [0.25, 0.3) is 34.4 Å². The van der Waals surface area contributed by atoms with E-state index >= 15 is 0 Å². The fraction of sp³-hybridized carbons (Fsp3) is 0.342. The van der Waals surface area contributed by atoms with Gasteiger partial charge in [0.15, 0.2) is 0 Å². The Labute approximate surface area is 576 Å². The maximum absolute atomic E-state index is 12.6. The minimum absolute atomic E-state index is 0.0130. The summed E-state index contributed by atoms with van der Waals surface area (Å²) in [7, 11) is -8.15. The van der Waals surface area contributed by atoms with Crippen LogP contribution in [0.2, 0.25) is 20.1 Å². The van der Waals surface area contributed by atoms with Crippen LogP contribution in [-0.4, -0.2) is 73.9 Å². The summed E-state index contributed by atoms with van der Waals surface area (Å²) in [6.45, 7) is 21.0. The molecule has 2 atom stereocenters. The van der Waals surface area contributed by atoms with Gasteiger partial charge in [0.2, 0.25) is 0 Å². The first-order valence-corrected chi connectivity index (χ1v) is 35.1. The Morgan fingerprint density at radius 2 is 1.04 bits per heavy atom. The molecule has 0 aromatic heterocycles. The Morgan fingerprint density at radius 1 is 0.542 bits per heavy atom. The van der Waals surface area contributed by atoms with E-state index in [1.165, 1.54) is 29.3 Å². The number of halogens is 4. The van der Waals surface area contributed by atoms with Gasteiger partial charge in [-0.3, -0.25) is 0 Å². The summed E-state index contributed by atoms with van der Waals surface area (Å²) in [5, 5.41) is 34.9. The summed E-state index contributed by atoms with van der Waals surface area (Å²) in [6.07, 6.45) is 13.4. The van der Waals surface area contributed by atoms with Gasteiger partial charge in [-0.1, -0.05) is 140 Å². The van der Waals surface area contributed by atoms with Gasteiger partial charge in [-0.2, -0.15) is 19.2 Å². The van der Waals surface area contributed by atoms with Crippen LogP contribution >= 0.6 is 46.4 Å². The molecule has 17 nitrogen and oxygen atoms in total. The highest BCUT2D eigenvalue weighted by molar-refractivity contribution is 7.86. The molecule has 12 rings (SSSR count). The zero-order valence-corrected chi connectivity index (χ0v) is 59.0. The van der Waals surface area contributed by atoms with Crippen molar-refractivity contribution in [2.24, 2.45) is 21.7 Å². The first kappa shape index (κ1) is 74.3. The third-order valence-corrected chi connectivity index (χ3v) is 20.4. The maximum atomic E-state index is 12.6. The largest absolute Gasteiger partial charge is 0.748 e. The van der Waals surface area contributed by atoms with E-state index in [1.807, 2.05) is 58.0 Å². The molecule has 2 unspecified atom stereocenters. The average molecular weight is 1420 g/mol. The quantitative estimate of drug-likeness (QED) is 0.124. The van der Waals surface area contributed by atoms with Gasteiger partial charge in [-0.15, -0.1) is 0 Å². The summed E-state index contributed by atoms with van der Waals surface area (Å²) in [4.78, 5) is 57.6. The number of aliphatic hydroxyl groups is 1. The highest BCUT2D eigenvalue weighted by Crippen LogP contribution is 2.51. The number of fused-ring (bicyclic) bond motifs is 8. The predicted molar refractivity (Wildman–Crippen MR) is 359 cm³/mol. The molecule has 2 heterocycles. The lowest BCUT2D eigenvalue weighted by Gasteiger charge is -2.38. The first-order chi connectivity index (χ1) is 44.8. The molecule has 96 heavy (non-hydrogen) atoms. The molecule has 23 heteroatoms. The van der Waals surface area contributed by atoms with E-state index in [1.54, 1.807) is 24.3 Å². The Kier molecular flexibility index (Phi) is 21.8. The molecule has 6 aliphatic rings. The molecule has 4 aliphatic carbocycles. The lowest BCUT2D eigenvalue weighted by molar-refractivity contribution is -0.256. The normalized spacial score (nSPS) is 18.0. The number of carbonyl (C=O) groups is 2. The monoisotopic (exact) mass is 1420 g/mol. The molecule has 0 fully saturated rings. The number of allylic oxidation sites excluding steroid dienone is 3. The van der Waals surface area contributed by atoms with E-state index in [-0.39, 0.29) is 70.9 Å². The lowest BCUT2D eigenvalue weighted by atomic mass is 9.67. The smallest absolute Gasteiger partial charge is 0.373 e. The van der Waals surface area contributed by atoms with Crippen LogP contribution < -0.4 is 40.6 Å². The molecule has 1 N–H and O–H groups in total.